The molecule has 2 saturated carbocycles. The van der Waals surface area contributed by atoms with E-state index in [0.29, 0.717) is 29.7 Å². The van der Waals surface area contributed by atoms with Gasteiger partial charge < -0.3 is 4.57 Å². The first-order valence-corrected chi connectivity index (χ1v) is 14.1. The number of rotatable bonds is 6. The van der Waals surface area contributed by atoms with Crippen LogP contribution in [0, 0.1) is 23.2 Å². The van der Waals surface area contributed by atoms with E-state index < -0.39 is 0 Å². The van der Waals surface area contributed by atoms with Crippen molar-refractivity contribution in [1.29, 1.82) is 5.26 Å². The number of hydrogen-bond acceptors (Lipinski definition) is 6. The minimum absolute atomic E-state index is 0.0147. The largest absolute Gasteiger partial charge is 0.317 e. The summed E-state index contributed by atoms with van der Waals surface area (Å²) in [6.07, 6.45) is 5.27. The highest BCUT2D eigenvalue weighted by Crippen LogP contribution is 2.46. The van der Waals surface area contributed by atoms with Gasteiger partial charge in [-0.15, -0.1) is 10.2 Å². The Kier molecular flexibility index (Phi) is 5.20. The molecule has 40 heavy (non-hydrogen) atoms. The molecule has 0 radical (unpaired) electrons. The van der Waals surface area contributed by atoms with Crippen LogP contribution in [0.1, 0.15) is 57.9 Å². The summed E-state index contributed by atoms with van der Waals surface area (Å²) in [7, 11) is 1.90. The first-order valence-electron chi connectivity index (χ1n) is 14.1. The lowest BCUT2D eigenvalue weighted by molar-refractivity contribution is 0.0995. The van der Waals surface area contributed by atoms with Crippen LogP contribution in [0.4, 0.5) is 5.82 Å². The van der Waals surface area contributed by atoms with Crippen molar-refractivity contribution < 1.29 is 4.79 Å². The predicted octanol–water partition coefficient (Wildman–Crippen LogP) is 4.91. The molecule has 1 saturated heterocycles. The van der Waals surface area contributed by atoms with E-state index in [2.05, 4.69) is 45.4 Å². The third-order valence-electron chi connectivity index (χ3n) is 8.95. The second kappa shape index (κ2) is 8.83. The van der Waals surface area contributed by atoms with Crippen LogP contribution >= 0.6 is 0 Å². The molecule has 0 bridgehead atoms. The van der Waals surface area contributed by atoms with Gasteiger partial charge in [-0.3, -0.25) is 14.6 Å². The fraction of sp³-hybridized carbons (Fsp3) is 0.344. The summed E-state index contributed by atoms with van der Waals surface area (Å²) in [5.41, 5.74) is 7.36. The number of amides is 1. The number of hydrogen-bond donors (Lipinski definition) is 0. The molecule has 0 spiro atoms. The second-order valence-corrected chi connectivity index (χ2v) is 11.9. The molecule has 2 unspecified atom stereocenters. The maximum atomic E-state index is 13.8. The van der Waals surface area contributed by atoms with Gasteiger partial charge in [-0.25, -0.2) is 4.98 Å². The van der Waals surface area contributed by atoms with Crippen molar-refractivity contribution >= 4 is 11.7 Å². The highest BCUT2D eigenvalue weighted by molar-refractivity contribution is 6.10. The molecule has 0 N–H and O–H groups in total. The molecule has 198 valence electrons. The molecule has 8 nitrogen and oxygen atoms in total. The number of aromatic nitrogens is 4. The quantitative estimate of drug-likeness (QED) is 0.354. The number of anilines is 1. The number of aryl methyl sites for hydroxylation is 1. The molecular weight excluding hydrogens is 498 g/mol. The van der Waals surface area contributed by atoms with Crippen molar-refractivity contribution in [2.45, 2.75) is 38.3 Å². The number of likely N-dealkylation sites (tertiary alicyclic amines) is 1. The molecule has 8 rings (SSSR count). The lowest BCUT2D eigenvalue weighted by Gasteiger charge is -2.18. The zero-order valence-electron chi connectivity index (χ0n) is 22.4. The van der Waals surface area contributed by atoms with E-state index in [1.165, 1.54) is 25.1 Å². The minimum Gasteiger partial charge on any atom is -0.317 e. The average Bonchev–Trinajstić information content (AvgIpc) is 3.85. The van der Waals surface area contributed by atoms with Gasteiger partial charge in [-0.2, -0.15) is 5.26 Å². The fourth-order valence-electron chi connectivity index (χ4n) is 6.51. The van der Waals surface area contributed by atoms with Gasteiger partial charge >= 0.3 is 0 Å². The lowest BCUT2D eigenvalue weighted by Crippen LogP contribution is -2.24. The summed E-state index contributed by atoms with van der Waals surface area (Å²) in [6, 6.07) is 18.4. The molecule has 2 aliphatic carbocycles. The molecule has 4 aromatic rings. The van der Waals surface area contributed by atoms with Crippen molar-refractivity contribution in [2.24, 2.45) is 18.9 Å². The van der Waals surface area contributed by atoms with E-state index in [0.717, 1.165) is 64.7 Å². The van der Waals surface area contributed by atoms with Crippen molar-refractivity contribution in [2.75, 3.05) is 18.0 Å². The monoisotopic (exact) mass is 527 g/mol. The molecular formula is C32H29N7O. The van der Waals surface area contributed by atoms with Gasteiger partial charge in [0.15, 0.2) is 5.82 Å². The molecule has 8 heteroatoms. The maximum absolute atomic E-state index is 13.8. The average molecular weight is 528 g/mol. The number of piperidine rings is 1. The standard InChI is InChI=1S/C32H29N7O/c1-37-18-34-36-31(37)28-8-19(13-33)3-7-26(28)23-11-29(21-5-6-21)35-30(12-23)39-17-22-4-2-20(9-27(22)32(39)40)14-38-15-24-10-25(24)16-38/h2-4,7-9,11-12,18,21,24-25H,5-6,10,14-17H2,1H3. The van der Waals surface area contributed by atoms with Gasteiger partial charge in [0, 0.05) is 49.4 Å². The second-order valence-electron chi connectivity index (χ2n) is 11.9. The fourth-order valence-corrected chi connectivity index (χ4v) is 6.51. The van der Waals surface area contributed by atoms with Gasteiger partial charge in [0.25, 0.3) is 5.91 Å². The van der Waals surface area contributed by atoms with Crippen LogP contribution in [-0.2, 0) is 20.1 Å². The normalized spacial score (nSPS) is 21.4. The highest BCUT2D eigenvalue weighted by Gasteiger charge is 2.44. The number of benzene rings is 2. The van der Waals surface area contributed by atoms with Gasteiger partial charge in [-0.05, 0) is 83.7 Å². The Morgan fingerprint density at radius 1 is 1.00 bits per heavy atom. The Hall–Kier alpha value is -4.35. The first-order chi connectivity index (χ1) is 19.5. The third kappa shape index (κ3) is 4.00. The van der Waals surface area contributed by atoms with E-state index in [1.807, 2.05) is 40.8 Å². The van der Waals surface area contributed by atoms with Gasteiger partial charge in [-0.1, -0.05) is 18.2 Å². The zero-order valence-corrected chi connectivity index (χ0v) is 22.4. The van der Waals surface area contributed by atoms with Crippen molar-refractivity contribution in [3.05, 3.63) is 82.8 Å². The lowest BCUT2D eigenvalue weighted by atomic mass is 9.96. The molecule has 2 aromatic carbocycles. The van der Waals surface area contributed by atoms with E-state index in [4.69, 9.17) is 4.98 Å². The number of carbonyl (C=O) groups is 1. The number of fused-ring (bicyclic) bond motifs is 2. The first kappa shape index (κ1) is 23.5. The predicted molar refractivity (Wildman–Crippen MR) is 150 cm³/mol. The van der Waals surface area contributed by atoms with E-state index in [-0.39, 0.29) is 5.91 Å². The number of nitriles is 1. The van der Waals surface area contributed by atoms with Gasteiger partial charge in [0.2, 0.25) is 0 Å². The summed E-state index contributed by atoms with van der Waals surface area (Å²) in [4.78, 5) is 23.1. The Balaban J connectivity index is 1.16. The Bertz CT molecular complexity index is 1720. The van der Waals surface area contributed by atoms with Crippen LogP contribution in [0.15, 0.2) is 54.9 Å². The Morgan fingerprint density at radius 2 is 1.85 bits per heavy atom. The summed E-state index contributed by atoms with van der Waals surface area (Å²) >= 11 is 0. The SMILES string of the molecule is Cn1cnnc1-c1cc(C#N)ccc1-c1cc(C2CC2)nc(N2Cc3ccc(CN4CC5CC5C4)cc3C2=O)c1. The van der Waals surface area contributed by atoms with Crippen LogP contribution in [0.2, 0.25) is 0 Å². The zero-order chi connectivity index (χ0) is 27.0. The van der Waals surface area contributed by atoms with E-state index >= 15 is 0 Å². The van der Waals surface area contributed by atoms with Crippen LogP contribution < -0.4 is 4.90 Å². The molecule has 3 fully saturated rings. The van der Waals surface area contributed by atoms with E-state index in [9.17, 15) is 10.1 Å². The summed E-state index contributed by atoms with van der Waals surface area (Å²) < 4.78 is 1.85. The van der Waals surface area contributed by atoms with Crippen molar-refractivity contribution in [3.63, 3.8) is 0 Å². The molecule has 4 aliphatic rings. The Morgan fingerprint density at radius 3 is 2.60 bits per heavy atom. The topological polar surface area (TPSA) is 90.9 Å². The smallest absolute Gasteiger partial charge is 0.260 e. The van der Waals surface area contributed by atoms with Crippen molar-refractivity contribution in [3.8, 4) is 28.6 Å². The van der Waals surface area contributed by atoms with E-state index in [1.54, 1.807) is 6.33 Å². The van der Waals surface area contributed by atoms with Crippen LogP contribution in [0.25, 0.3) is 22.5 Å². The Labute approximate surface area is 232 Å². The molecule has 2 atom stereocenters. The molecule has 4 heterocycles. The highest BCUT2D eigenvalue weighted by atomic mass is 16.2. The number of nitrogens with zero attached hydrogens (tertiary/aromatic N) is 7. The molecule has 2 aliphatic heterocycles. The minimum atomic E-state index is 0.0147. The summed E-state index contributed by atoms with van der Waals surface area (Å²) in [5, 5.41) is 18.0. The molecule has 2 aromatic heterocycles. The third-order valence-corrected chi connectivity index (χ3v) is 8.95. The number of carbonyl (C=O) groups excluding carboxylic acids is 1. The van der Waals surface area contributed by atoms with Crippen LogP contribution in [0.3, 0.4) is 0 Å². The van der Waals surface area contributed by atoms with Gasteiger partial charge in [0.1, 0.15) is 12.1 Å². The molecule has 1 amide bonds. The maximum Gasteiger partial charge on any atom is 0.260 e. The summed E-state index contributed by atoms with van der Waals surface area (Å²) in [5.74, 6) is 3.59. The van der Waals surface area contributed by atoms with Gasteiger partial charge in [0.05, 0.1) is 18.2 Å². The summed E-state index contributed by atoms with van der Waals surface area (Å²) in [6.45, 7) is 3.81. The van der Waals surface area contributed by atoms with Crippen LogP contribution in [0.5, 0.6) is 0 Å². The van der Waals surface area contributed by atoms with Crippen molar-refractivity contribution in [1.82, 2.24) is 24.6 Å². The number of pyridine rings is 1. The van der Waals surface area contributed by atoms with Crippen LogP contribution in [-0.4, -0.2) is 43.6 Å².